The lowest BCUT2D eigenvalue weighted by Gasteiger charge is -2.26. The van der Waals surface area contributed by atoms with Gasteiger partial charge in [-0.15, -0.1) is 0 Å². The summed E-state index contributed by atoms with van der Waals surface area (Å²) in [6, 6.07) is 8.28. The Bertz CT molecular complexity index is 820. The molecule has 142 valence electrons. The van der Waals surface area contributed by atoms with Crippen molar-refractivity contribution in [2.75, 3.05) is 6.54 Å². The Kier molecular flexibility index (Phi) is 5.32. The minimum Gasteiger partial charge on any atom is -0.444 e. The molecule has 1 aromatic carbocycles. The van der Waals surface area contributed by atoms with Crippen LogP contribution >= 0.6 is 11.3 Å². The fraction of sp³-hybridized carbons (Fsp3) is 0.350. The molecule has 1 unspecified atom stereocenters. The molecule has 6 nitrogen and oxygen atoms in total. The first kappa shape index (κ1) is 19.1. The Labute approximate surface area is 162 Å². The molecule has 0 fully saturated rings. The Morgan fingerprint density at radius 1 is 1.15 bits per heavy atom. The van der Waals surface area contributed by atoms with Crippen molar-refractivity contribution in [3.8, 4) is 0 Å². The van der Waals surface area contributed by atoms with Gasteiger partial charge in [0.2, 0.25) is 0 Å². The molecule has 27 heavy (non-hydrogen) atoms. The molecular weight excluding hydrogens is 364 g/mol. The fourth-order valence-corrected chi connectivity index (χ4v) is 3.73. The predicted octanol–water partition coefficient (Wildman–Crippen LogP) is 4.00. The number of carbonyl (C=O) groups is 3. The number of rotatable bonds is 5. The van der Waals surface area contributed by atoms with Crippen LogP contribution in [0.5, 0.6) is 0 Å². The smallest absolute Gasteiger partial charge is 0.407 e. The molecule has 1 aromatic heterocycles. The highest BCUT2D eigenvalue weighted by molar-refractivity contribution is 7.08. The minimum atomic E-state index is -0.584. The number of fused-ring (bicyclic) bond motifs is 1. The lowest BCUT2D eigenvalue weighted by atomic mass is 10.1. The number of carbonyl (C=O) groups excluding carboxylic acids is 3. The summed E-state index contributed by atoms with van der Waals surface area (Å²) in [6.45, 7) is 5.65. The van der Waals surface area contributed by atoms with E-state index in [0.717, 1.165) is 5.56 Å². The van der Waals surface area contributed by atoms with Crippen LogP contribution in [-0.4, -0.2) is 35.0 Å². The summed E-state index contributed by atoms with van der Waals surface area (Å²) in [5, 5.41) is 6.52. The number of benzene rings is 1. The van der Waals surface area contributed by atoms with Gasteiger partial charge in [0, 0.05) is 6.54 Å². The molecule has 3 amide bonds. The van der Waals surface area contributed by atoms with E-state index in [1.807, 2.05) is 16.8 Å². The van der Waals surface area contributed by atoms with Crippen LogP contribution in [0.2, 0.25) is 0 Å². The highest BCUT2D eigenvalue weighted by atomic mass is 32.1. The first-order valence-corrected chi connectivity index (χ1v) is 9.68. The highest BCUT2D eigenvalue weighted by Crippen LogP contribution is 2.34. The normalized spacial score (nSPS) is 14.9. The van der Waals surface area contributed by atoms with E-state index in [4.69, 9.17) is 4.74 Å². The molecule has 0 aliphatic carbocycles. The maximum atomic E-state index is 12.8. The summed E-state index contributed by atoms with van der Waals surface area (Å²) in [5.41, 5.74) is 1.13. The summed E-state index contributed by atoms with van der Waals surface area (Å²) in [7, 11) is 0. The zero-order valence-electron chi connectivity index (χ0n) is 15.5. The molecule has 2 aromatic rings. The first-order chi connectivity index (χ1) is 12.8. The minimum absolute atomic E-state index is 0.281. The molecule has 0 saturated heterocycles. The van der Waals surface area contributed by atoms with Crippen molar-refractivity contribution < 1.29 is 19.1 Å². The highest BCUT2D eigenvalue weighted by Gasteiger charge is 2.40. The molecule has 0 bridgehead atoms. The number of imide groups is 1. The Morgan fingerprint density at radius 3 is 2.30 bits per heavy atom. The van der Waals surface area contributed by atoms with Crippen LogP contribution < -0.4 is 5.32 Å². The predicted molar refractivity (Wildman–Crippen MR) is 103 cm³/mol. The van der Waals surface area contributed by atoms with Crippen molar-refractivity contribution in [3.63, 3.8) is 0 Å². The average molecular weight is 386 g/mol. The molecule has 3 rings (SSSR count). The molecule has 0 radical (unpaired) electrons. The third-order valence-corrected chi connectivity index (χ3v) is 4.85. The number of alkyl carbamates (subject to hydrolysis) is 1. The van der Waals surface area contributed by atoms with Gasteiger partial charge in [0.25, 0.3) is 11.8 Å². The number of nitrogens with one attached hydrogen (secondary N) is 1. The van der Waals surface area contributed by atoms with Crippen molar-refractivity contribution in [3.05, 3.63) is 57.8 Å². The van der Waals surface area contributed by atoms with Gasteiger partial charge in [-0.3, -0.25) is 14.5 Å². The Morgan fingerprint density at radius 2 is 1.78 bits per heavy atom. The molecule has 1 aliphatic rings. The van der Waals surface area contributed by atoms with Crippen molar-refractivity contribution in [1.82, 2.24) is 10.2 Å². The molecule has 7 heteroatoms. The van der Waals surface area contributed by atoms with E-state index < -0.39 is 17.7 Å². The maximum absolute atomic E-state index is 12.8. The van der Waals surface area contributed by atoms with Crippen LogP contribution in [0.15, 0.2) is 41.1 Å². The van der Waals surface area contributed by atoms with Crippen molar-refractivity contribution in [2.45, 2.75) is 38.8 Å². The number of thiophene rings is 1. The summed E-state index contributed by atoms with van der Waals surface area (Å²) in [5.74, 6) is -0.604. The summed E-state index contributed by atoms with van der Waals surface area (Å²) in [4.78, 5) is 38.8. The van der Waals surface area contributed by atoms with Gasteiger partial charge in [-0.25, -0.2) is 4.79 Å². The van der Waals surface area contributed by atoms with E-state index in [1.165, 1.54) is 16.2 Å². The third kappa shape index (κ3) is 4.19. The van der Waals surface area contributed by atoms with Crippen LogP contribution in [0.3, 0.4) is 0 Å². The third-order valence-electron chi connectivity index (χ3n) is 4.15. The monoisotopic (exact) mass is 386 g/mol. The second-order valence-corrected chi connectivity index (χ2v) is 8.10. The lowest BCUT2D eigenvalue weighted by molar-refractivity contribution is 0.0517. The fourth-order valence-electron chi connectivity index (χ4n) is 3.03. The zero-order chi connectivity index (χ0) is 19.6. The molecule has 0 saturated carbocycles. The number of hydrogen-bond acceptors (Lipinski definition) is 5. The quantitative estimate of drug-likeness (QED) is 0.788. The Balaban J connectivity index is 1.75. The van der Waals surface area contributed by atoms with E-state index in [2.05, 4.69) is 5.32 Å². The number of amides is 3. The topological polar surface area (TPSA) is 75.7 Å². The SMILES string of the molecule is CC(C)(C)OC(=O)NCCC(c1ccsc1)N1C(=O)c2ccccc2C1=O. The van der Waals surface area contributed by atoms with Crippen LogP contribution in [0.1, 0.15) is 59.5 Å². The number of nitrogens with zero attached hydrogens (tertiary/aromatic N) is 1. The maximum Gasteiger partial charge on any atom is 0.407 e. The van der Waals surface area contributed by atoms with Crippen molar-refractivity contribution >= 4 is 29.2 Å². The molecule has 0 spiro atoms. The van der Waals surface area contributed by atoms with Gasteiger partial charge in [0.15, 0.2) is 0 Å². The first-order valence-electron chi connectivity index (χ1n) is 8.74. The van der Waals surface area contributed by atoms with Crippen LogP contribution in [-0.2, 0) is 4.74 Å². The average Bonchev–Trinajstić information content (AvgIpc) is 3.20. The summed E-state index contributed by atoms with van der Waals surface area (Å²) >= 11 is 1.50. The van der Waals surface area contributed by atoms with Crippen LogP contribution in [0.4, 0.5) is 4.79 Å². The van der Waals surface area contributed by atoms with Gasteiger partial charge in [0.05, 0.1) is 17.2 Å². The molecule has 1 atom stereocenters. The van der Waals surface area contributed by atoms with Crippen molar-refractivity contribution in [1.29, 1.82) is 0 Å². The molecular formula is C20H22N2O4S. The second kappa shape index (κ2) is 7.52. The van der Waals surface area contributed by atoms with E-state index in [0.29, 0.717) is 17.5 Å². The molecule has 1 N–H and O–H groups in total. The standard InChI is InChI=1S/C20H22N2O4S/c1-20(2,3)26-19(25)21-10-8-16(13-9-11-27-12-13)22-17(23)14-6-4-5-7-15(14)18(22)24/h4-7,9,11-12,16H,8,10H2,1-3H3,(H,21,25). The van der Waals surface area contributed by atoms with Gasteiger partial charge >= 0.3 is 6.09 Å². The Hall–Kier alpha value is -2.67. The van der Waals surface area contributed by atoms with E-state index in [1.54, 1.807) is 45.0 Å². The molecule has 2 heterocycles. The number of hydrogen-bond donors (Lipinski definition) is 1. The van der Waals surface area contributed by atoms with E-state index in [-0.39, 0.29) is 18.4 Å². The second-order valence-electron chi connectivity index (χ2n) is 7.32. The van der Waals surface area contributed by atoms with Gasteiger partial charge in [0.1, 0.15) is 5.60 Å². The van der Waals surface area contributed by atoms with E-state index in [9.17, 15) is 14.4 Å². The van der Waals surface area contributed by atoms with Gasteiger partial charge in [-0.2, -0.15) is 11.3 Å². The van der Waals surface area contributed by atoms with Gasteiger partial charge in [-0.05, 0) is 61.7 Å². The van der Waals surface area contributed by atoms with Crippen LogP contribution in [0, 0.1) is 0 Å². The lowest BCUT2D eigenvalue weighted by Crippen LogP contribution is -2.37. The summed E-state index contributed by atoms with van der Waals surface area (Å²) < 4.78 is 5.23. The summed E-state index contributed by atoms with van der Waals surface area (Å²) in [6.07, 6.45) is -0.115. The zero-order valence-corrected chi connectivity index (χ0v) is 16.3. The van der Waals surface area contributed by atoms with Gasteiger partial charge < -0.3 is 10.1 Å². The number of ether oxygens (including phenoxy) is 1. The largest absolute Gasteiger partial charge is 0.444 e. The molecule has 1 aliphatic heterocycles. The van der Waals surface area contributed by atoms with E-state index >= 15 is 0 Å². The van der Waals surface area contributed by atoms with Crippen molar-refractivity contribution in [2.24, 2.45) is 0 Å². The van der Waals surface area contributed by atoms with Crippen LogP contribution in [0.25, 0.3) is 0 Å². The van der Waals surface area contributed by atoms with Gasteiger partial charge in [-0.1, -0.05) is 12.1 Å².